The van der Waals surface area contributed by atoms with Crippen molar-refractivity contribution in [2.75, 3.05) is 13.2 Å². The predicted molar refractivity (Wildman–Crippen MR) is 46.7 cm³/mol. The molecule has 0 aromatic carbocycles. The second-order valence-electron chi connectivity index (χ2n) is 3.27. The molecule has 2 rings (SSSR count). The Morgan fingerprint density at radius 2 is 2.42 bits per heavy atom. The highest BCUT2D eigenvalue weighted by atomic mass is 31.2. The lowest BCUT2D eigenvalue weighted by molar-refractivity contribution is 0.0316. The molecule has 70 valence electrons. The quantitative estimate of drug-likeness (QED) is 0.626. The van der Waals surface area contributed by atoms with Crippen molar-refractivity contribution in [1.29, 1.82) is 0 Å². The van der Waals surface area contributed by atoms with Gasteiger partial charge >= 0.3 is 8.60 Å². The Labute approximate surface area is 74.4 Å². The molecule has 2 fully saturated rings. The molecule has 1 aliphatic carbocycles. The molecule has 0 N–H and O–H groups in total. The monoisotopic (exact) mass is 190 g/mol. The first kappa shape index (κ1) is 8.89. The molecule has 1 heterocycles. The summed E-state index contributed by atoms with van der Waals surface area (Å²) in [4.78, 5) is 0. The standard InChI is InChI=1S/C8H15O3P/c1-2-9-12-10-6-7-4-3-5-8(7)11-12/h7-8H,2-6H2,1H3. The molecule has 4 heteroatoms. The Bertz CT molecular complexity index is 153. The topological polar surface area (TPSA) is 27.7 Å². The minimum absolute atomic E-state index is 0.427. The van der Waals surface area contributed by atoms with E-state index >= 15 is 0 Å². The van der Waals surface area contributed by atoms with Crippen LogP contribution in [0.3, 0.4) is 0 Å². The van der Waals surface area contributed by atoms with Crippen LogP contribution in [0.5, 0.6) is 0 Å². The highest BCUT2D eigenvalue weighted by Crippen LogP contribution is 2.50. The zero-order valence-electron chi connectivity index (χ0n) is 7.36. The van der Waals surface area contributed by atoms with E-state index in [9.17, 15) is 0 Å². The van der Waals surface area contributed by atoms with E-state index in [4.69, 9.17) is 13.6 Å². The maximum atomic E-state index is 5.67. The summed E-state index contributed by atoms with van der Waals surface area (Å²) in [6.45, 7) is 3.50. The second kappa shape index (κ2) is 4.01. The molecule has 3 atom stereocenters. The fourth-order valence-corrected chi connectivity index (χ4v) is 3.02. The van der Waals surface area contributed by atoms with Gasteiger partial charge in [0.15, 0.2) is 0 Å². The maximum Gasteiger partial charge on any atom is 0.332 e. The number of hydrogen-bond acceptors (Lipinski definition) is 3. The van der Waals surface area contributed by atoms with E-state index in [0.29, 0.717) is 18.6 Å². The molecule has 0 aromatic heterocycles. The van der Waals surface area contributed by atoms with Gasteiger partial charge in [0.05, 0.1) is 19.3 Å². The normalized spacial score (nSPS) is 41.2. The fourth-order valence-electron chi connectivity index (χ4n) is 1.80. The van der Waals surface area contributed by atoms with Crippen LogP contribution in [0, 0.1) is 5.92 Å². The van der Waals surface area contributed by atoms with Crippen molar-refractivity contribution in [3.63, 3.8) is 0 Å². The minimum Gasteiger partial charge on any atom is -0.313 e. The van der Waals surface area contributed by atoms with E-state index < -0.39 is 8.60 Å². The number of hydrogen-bond donors (Lipinski definition) is 0. The Balaban J connectivity index is 1.84. The first-order chi connectivity index (χ1) is 5.90. The van der Waals surface area contributed by atoms with Crippen molar-refractivity contribution in [2.45, 2.75) is 32.3 Å². The molecule has 0 aromatic rings. The molecule has 3 unspecified atom stereocenters. The van der Waals surface area contributed by atoms with Crippen molar-refractivity contribution < 1.29 is 13.6 Å². The lowest BCUT2D eigenvalue weighted by Gasteiger charge is -2.30. The maximum absolute atomic E-state index is 5.67. The summed E-state index contributed by atoms with van der Waals surface area (Å²) in [5.74, 6) is 0.643. The van der Waals surface area contributed by atoms with Gasteiger partial charge in [0, 0.05) is 5.92 Å². The zero-order chi connectivity index (χ0) is 8.39. The van der Waals surface area contributed by atoms with Gasteiger partial charge in [-0.3, -0.25) is 0 Å². The van der Waals surface area contributed by atoms with E-state index in [1.165, 1.54) is 19.3 Å². The molecule has 0 amide bonds. The molecule has 3 nitrogen and oxygen atoms in total. The molecule has 12 heavy (non-hydrogen) atoms. The van der Waals surface area contributed by atoms with E-state index in [-0.39, 0.29) is 0 Å². The van der Waals surface area contributed by atoms with Crippen LogP contribution in [0.4, 0.5) is 0 Å². The Hall–Kier alpha value is 0.310. The zero-order valence-corrected chi connectivity index (χ0v) is 8.26. The highest BCUT2D eigenvalue weighted by molar-refractivity contribution is 7.41. The Morgan fingerprint density at radius 1 is 1.50 bits per heavy atom. The van der Waals surface area contributed by atoms with Crippen molar-refractivity contribution in [3.8, 4) is 0 Å². The molecule has 1 saturated heterocycles. The van der Waals surface area contributed by atoms with Crippen molar-refractivity contribution in [2.24, 2.45) is 5.92 Å². The fraction of sp³-hybridized carbons (Fsp3) is 1.00. The van der Waals surface area contributed by atoms with Crippen LogP contribution in [-0.2, 0) is 13.6 Å². The van der Waals surface area contributed by atoms with Gasteiger partial charge in [-0.1, -0.05) is 6.42 Å². The van der Waals surface area contributed by atoms with Crippen molar-refractivity contribution >= 4 is 8.60 Å². The van der Waals surface area contributed by atoms with Crippen LogP contribution in [0.25, 0.3) is 0 Å². The number of rotatable bonds is 2. The third-order valence-corrected chi connectivity index (χ3v) is 3.71. The van der Waals surface area contributed by atoms with Gasteiger partial charge in [0.1, 0.15) is 0 Å². The van der Waals surface area contributed by atoms with E-state index in [1.54, 1.807) is 0 Å². The lowest BCUT2D eigenvalue weighted by atomic mass is 10.1. The van der Waals surface area contributed by atoms with Gasteiger partial charge in [-0.25, -0.2) is 0 Å². The molecule has 1 aliphatic heterocycles. The summed E-state index contributed by atoms with van der Waals surface area (Å²) in [6, 6.07) is 0. The van der Waals surface area contributed by atoms with Gasteiger partial charge in [0.2, 0.25) is 0 Å². The van der Waals surface area contributed by atoms with E-state index in [0.717, 1.165) is 6.61 Å². The van der Waals surface area contributed by atoms with Crippen LogP contribution >= 0.6 is 8.60 Å². The van der Waals surface area contributed by atoms with Crippen LogP contribution < -0.4 is 0 Å². The van der Waals surface area contributed by atoms with Crippen LogP contribution in [0.15, 0.2) is 0 Å². The highest BCUT2D eigenvalue weighted by Gasteiger charge is 2.36. The summed E-state index contributed by atoms with van der Waals surface area (Å²) in [5.41, 5.74) is 0. The Morgan fingerprint density at radius 3 is 3.25 bits per heavy atom. The number of fused-ring (bicyclic) bond motifs is 1. The summed E-state index contributed by atoms with van der Waals surface area (Å²) < 4.78 is 16.4. The van der Waals surface area contributed by atoms with Crippen LogP contribution in [0.2, 0.25) is 0 Å². The van der Waals surface area contributed by atoms with Gasteiger partial charge in [-0.15, -0.1) is 0 Å². The largest absolute Gasteiger partial charge is 0.332 e. The Kier molecular flexibility index (Phi) is 2.97. The van der Waals surface area contributed by atoms with Gasteiger partial charge < -0.3 is 13.6 Å². The third-order valence-electron chi connectivity index (χ3n) is 2.44. The molecule has 2 aliphatic rings. The van der Waals surface area contributed by atoms with Crippen LogP contribution in [-0.4, -0.2) is 19.3 Å². The smallest absolute Gasteiger partial charge is 0.313 e. The molecule has 0 spiro atoms. The van der Waals surface area contributed by atoms with Gasteiger partial charge in [0.25, 0.3) is 0 Å². The van der Waals surface area contributed by atoms with E-state index in [1.807, 2.05) is 6.92 Å². The molecule has 0 bridgehead atoms. The average molecular weight is 190 g/mol. The van der Waals surface area contributed by atoms with Crippen molar-refractivity contribution in [3.05, 3.63) is 0 Å². The summed E-state index contributed by atoms with van der Waals surface area (Å²) in [5, 5.41) is 0. The van der Waals surface area contributed by atoms with Gasteiger partial charge in [-0.05, 0) is 19.8 Å². The third kappa shape index (κ3) is 1.80. The molecular weight excluding hydrogens is 175 g/mol. The van der Waals surface area contributed by atoms with E-state index in [2.05, 4.69) is 0 Å². The predicted octanol–water partition coefficient (Wildman–Crippen LogP) is 2.47. The second-order valence-corrected chi connectivity index (χ2v) is 4.45. The first-order valence-corrected chi connectivity index (χ1v) is 5.72. The van der Waals surface area contributed by atoms with Crippen LogP contribution in [0.1, 0.15) is 26.2 Å². The molecule has 0 radical (unpaired) electrons. The summed E-state index contributed by atoms with van der Waals surface area (Å²) >= 11 is 0. The summed E-state index contributed by atoms with van der Waals surface area (Å²) in [6.07, 6.45) is 4.17. The SMILES string of the molecule is CCOP1OCC2CCCC2O1. The first-order valence-electron chi connectivity index (χ1n) is 4.63. The lowest BCUT2D eigenvalue weighted by Crippen LogP contribution is -2.25. The minimum atomic E-state index is -1.00. The van der Waals surface area contributed by atoms with Gasteiger partial charge in [-0.2, -0.15) is 0 Å². The molecule has 1 saturated carbocycles. The van der Waals surface area contributed by atoms with Crippen molar-refractivity contribution in [1.82, 2.24) is 0 Å². The molecular formula is C8H15O3P. The summed E-state index contributed by atoms with van der Waals surface area (Å²) in [7, 11) is -1.00. The average Bonchev–Trinajstić information content (AvgIpc) is 2.51.